The van der Waals surface area contributed by atoms with Crippen LogP contribution in [0.5, 0.6) is 0 Å². The second-order valence-electron chi connectivity index (χ2n) is 6.67. The van der Waals surface area contributed by atoms with Crippen molar-refractivity contribution in [2.75, 3.05) is 19.6 Å². The minimum atomic E-state index is -0.798. The van der Waals surface area contributed by atoms with Gasteiger partial charge in [0.25, 0.3) is 0 Å². The Balaban J connectivity index is 1.57. The van der Waals surface area contributed by atoms with E-state index in [0.717, 1.165) is 12.2 Å². The van der Waals surface area contributed by atoms with Gasteiger partial charge in [-0.25, -0.2) is 0 Å². The van der Waals surface area contributed by atoms with Gasteiger partial charge in [0.1, 0.15) is 0 Å². The first-order valence-electron chi connectivity index (χ1n) is 8.24. The molecule has 1 saturated heterocycles. The number of aliphatic carboxylic acids is 1. The van der Waals surface area contributed by atoms with Gasteiger partial charge in [-0.15, -0.1) is 0 Å². The van der Waals surface area contributed by atoms with E-state index < -0.39 is 11.9 Å². The summed E-state index contributed by atoms with van der Waals surface area (Å²) < 4.78 is 0. The van der Waals surface area contributed by atoms with Crippen LogP contribution in [0.1, 0.15) is 25.0 Å². The Hall–Kier alpha value is -1.95. The molecule has 6 heteroatoms. The molecule has 0 radical (unpaired) electrons. The van der Waals surface area contributed by atoms with Crippen molar-refractivity contribution in [1.29, 1.82) is 0 Å². The van der Waals surface area contributed by atoms with Crippen LogP contribution in [0, 0.1) is 17.8 Å². The monoisotopic (exact) mass is 317 g/mol. The van der Waals surface area contributed by atoms with Crippen molar-refractivity contribution < 1.29 is 14.7 Å². The molecule has 0 aromatic carbocycles. The molecule has 2 fully saturated rings. The second-order valence-corrected chi connectivity index (χ2v) is 6.67. The predicted molar refractivity (Wildman–Crippen MR) is 84.5 cm³/mol. The standard InChI is InChI=1S/C17H23N3O3/c21-16(19-8-15-3-1-2-6-18-15)13-7-14(17(22)23)11-20(10-13)9-12-4-5-12/h1-3,6,12-14H,4-5,7-11H2,(H,19,21)(H,22,23)/t13-,14+/m0/s1. The van der Waals surface area contributed by atoms with Gasteiger partial charge < -0.3 is 15.3 Å². The summed E-state index contributed by atoms with van der Waals surface area (Å²) in [5, 5.41) is 12.2. The van der Waals surface area contributed by atoms with Crippen LogP contribution in [-0.2, 0) is 16.1 Å². The number of carboxylic acid groups (broad SMARTS) is 1. The summed E-state index contributed by atoms with van der Waals surface area (Å²) >= 11 is 0. The van der Waals surface area contributed by atoms with Gasteiger partial charge in [0.05, 0.1) is 24.1 Å². The van der Waals surface area contributed by atoms with E-state index in [1.165, 1.54) is 12.8 Å². The molecule has 6 nitrogen and oxygen atoms in total. The van der Waals surface area contributed by atoms with Crippen molar-refractivity contribution in [3.63, 3.8) is 0 Å². The minimum Gasteiger partial charge on any atom is -0.481 e. The topological polar surface area (TPSA) is 82.5 Å². The molecule has 2 N–H and O–H groups in total. The SMILES string of the molecule is O=C(O)[C@@H]1C[C@H](C(=O)NCc2ccccn2)CN(CC2CC2)C1. The number of aromatic nitrogens is 1. The van der Waals surface area contributed by atoms with E-state index in [1.54, 1.807) is 6.20 Å². The summed E-state index contributed by atoms with van der Waals surface area (Å²) in [7, 11) is 0. The second kappa shape index (κ2) is 7.08. The van der Waals surface area contributed by atoms with Gasteiger partial charge in [0, 0.05) is 25.8 Å². The largest absolute Gasteiger partial charge is 0.481 e. The van der Waals surface area contributed by atoms with E-state index in [0.29, 0.717) is 32.0 Å². The lowest BCUT2D eigenvalue weighted by atomic mass is 9.88. The number of hydrogen-bond donors (Lipinski definition) is 2. The highest BCUT2D eigenvalue weighted by molar-refractivity contribution is 5.80. The van der Waals surface area contributed by atoms with Crippen LogP contribution in [0.15, 0.2) is 24.4 Å². The molecule has 2 atom stereocenters. The van der Waals surface area contributed by atoms with Crippen molar-refractivity contribution in [3.05, 3.63) is 30.1 Å². The highest BCUT2D eigenvalue weighted by atomic mass is 16.4. The first-order valence-corrected chi connectivity index (χ1v) is 8.24. The number of carboxylic acids is 1. The lowest BCUT2D eigenvalue weighted by Gasteiger charge is -2.35. The molecule has 124 valence electrons. The summed E-state index contributed by atoms with van der Waals surface area (Å²) in [6.45, 7) is 2.54. The predicted octanol–water partition coefficient (Wildman–Crippen LogP) is 1.13. The number of likely N-dealkylation sites (tertiary alicyclic amines) is 1. The molecule has 1 aromatic heterocycles. The third-order valence-corrected chi connectivity index (χ3v) is 4.63. The summed E-state index contributed by atoms with van der Waals surface area (Å²) in [6.07, 6.45) is 4.57. The average Bonchev–Trinajstić information content (AvgIpc) is 3.37. The molecule has 1 aliphatic carbocycles. The Morgan fingerprint density at radius 1 is 1.26 bits per heavy atom. The molecule has 0 spiro atoms. The lowest BCUT2D eigenvalue weighted by Crippen LogP contribution is -2.48. The zero-order chi connectivity index (χ0) is 16.2. The number of nitrogens with one attached hydrogen (secondary N) is 1. The first kappa shape index (κ1) is 15.9. The zero-order valence-electron chi connectivity index (χ0n) is 13.1. The van der Waals surface area contributed by atoms with Crippen LogP contribution in [0.4, 0.5) is 0 Å². The van der Waals surface area contributed by atoms with Gasteiger partial charge in [0.15, 0.2) is 0 Å². The van der Waals surface area contributed by atoms with Gasteiger partial charge in [0.2, 0.25) is 5.91 Å². The molecule has 1 amide bonds. The van der Waals surface area contributed by atoms with Crippen molar-refractivity contribution in [1.82, 2.24) is 15.2 Å². The van der Waals surface area contributed by atoms with E-state index in [1.807, 2.05) is 18.2 Å². The molecule has 2 aliphatic rings. The van der Waals surface area contributed by atoms with E-state index in [2.05, 4.69) is 15.2 Å². The summed E-state index contributed by atoms with van der Waals surface area (Å²) in [4.78, 5) is 30.1. The lowest BCUT2D eigenvalue weighted by molar-refractivity contribution is -0.145. The van der Waals surface area contributed by atoms with Gasteiger partial charge in [-0.05, 0) is 37.3 Å². The molecule has 1 saturated carbocycles. The molecule has 1 aromatic rings. The van der Waals surface area contributed by atoms with E-state index in [9.17, 15) is 14.7 Å². The summed E-state index contributed by atoms with van der Waals surface area (Å²) in [5.74, 6) is -0.879. The fourth-order valence-corrected chi connectivity index (χ4v) is 3.20. The molecular weight excluding hydrogens is 294 g/mol. The molecule has 1 aliphatic heterocycles. The summed E-state index contributed by atoms with van der Waals surface area (Å²) in [6, 6.07) is 5.58. The summed E-state index contributed by atoms with van der Waals surface area (Å²) in [5.41, 5.74) is 0.807. The minimum absolute atomic E-state index is 0.0672. The van der Waals surface area contributed by atoms with Crippen LogP contribution in [0.2, 0.25) is 0 Å². The van der Waals surface area contributed by atoms with Crippen molar-refractivity contribution in [3.8, 4) is 0 Å². The molecule has 3 rings (SSSR count). The third-order valence-electron chi connectivity index (χ3n) is 4.63. The molecule has 2 heterocycles. The third kappa shape index (κ3) is 4.51. The highest BCUT2D eigenvalue weighted by Crippen LogP contribution is 2.32. The van der Waals surface area contributed by atoms with Crippen molar-refractivity contribution in [2.45, 2.75) is 25.8 Å². The highest BCUT2D eigenvalue weighted by Gasteiger charge is 2.37. The van der Waals surface area contributed by atoms with Crippen LogP contribution in [0.3, 0.4) is 0 Å². The fourth-order valence-electron chi connectivity index (χ4n) is 3.20. The smallest absolute Gasteiger partial charge is 0.307 e. The Morgan fingerprint density at radius 2 is 2.04 bits per heavy atom. The Kier molecular flexibility index (Phi) is 4.91. The van der Waals surface area contributed by atoms with Crippen LogP contribution in [0.25, 0.3) is 0 Å². The van der Waals surface area contributed by atoms with Gasteiger partial charge in [-0.1, -0.05) is 6.07 Å². The number of carbonyl (C=O) groups excluding carboxylic acids is 1. The van der Waals surface area contributed by atoms with E-state index in [4.69, 9.17) is 0 Å². The number of hydrogen-bond acceptors (Lipinski definition) is 4. The number of pyridine rings is 1. The molecule has 23 heavy (non-hydrogen) atoms. The van der Waals surface area contributed by atoms with Gasteiger partial charge >= 0.3 is 5.97 Å². The van der Waals surface area contributed by atoms with Crippen LogP contribution >= 0.6 is 0 Å². The number of nitrogens with zero attached hydrogens (tertiary/aromatic N) is 2. The normalized spacial score (nSPS) is 25.0. The van der Waals surface area contributed by atoms with Gasteiger partial charge in [-0.2, -0.15) is 0 Å². The van der Waals surface area contributed by atoms with Crippen LogP contribution < -0.4 is 5.32 Å². The Labute approximate surface area is 135 Å². The van der Waals surface area contributed by atoms with Crippen LogP contribution in [-0.4, -0.2) is 46.5 Å². The van der Waals surface area contributed by atoms with Gasteiger partial charge in [-0.3, -0.25) is 14.6 Å². The number of carbonyl (C=O) groups is 2. The quantitative estimate of drug-likeness (QED) is 0.822. The maximum absolute atomic E-state index is 12.4. The van der Waals surface area contributed by atoms with Crippen molar-refractivity contribution >= 4 is 11.9 Å². The zero-order valence-corrected chi connectivity index (χ0v) is 13.1. The molecular formula is C17H23N3O3. The Bertz CT molecular complexity index is 559. The van der Waals surface area contributed by atoms with E-state index >= 15 is 0 Å². The maximum atomic E-state index is 12.4. The maximum Gasteiger partial charge on any atom is 0.307 e. The molecule has 0 unspecified atom stereocenters. The van der Waals surface area contributed by atoms with Crippen molar-refractivity contribution in [2.24, 2.45) is 17.8 Å². The number of rotatable bonds is 6. The Morgan fingerprint density at radius 3 is 2.70 bits per heavy atom. The first-order chi connectivity index (χ1) is 11.1. The number of piperidine rings is 1. The molecule has 0 bridgehead atoms. The van der Waals surface area contributed by atoms with E-state index in [-0.39, 0.29) is 11.8 Å². The fraction of sp³-hybridized carbons (Fsp3) is 0.588. The number of amides is 1. The average molecular weight is 317 g/mol.